The van der Waals surface area contributed by atoms with E-state index in [9.17, 15) is 8.42 Å². The Morgan fingerprint density at radius 3 is 1.75 bits per heavy atom. The number of hydrogen-bond donors (Lipinski definition) is 0. The highest BCUT2D eigenvalue weighted by molar-refractivity contribution is 7.93. The Bertz CT molecular complexity index is 1460. The molecule has 1 aliphatic carbocycles. The van der Waals surface area contributed by atoms with Crippen LogP contribution in [0.2, 0.25) is 0 Å². The van der Waals surface area contributed by atoms with Gasteiger partial charge in [0, 0.05) is 5.92 Å². The maximum absolute atomic E-state index is 14.2. The fraction of sp³-hybridized carbons (Fsp3) is 0.294. The van der Waals surface area contributed by atoms with Crippen molar-refractivity contribution in [2.24, 2.45) is 5.92 Å². The average molecular weight is 557 g/mol. The first kappa shape index (κ1) is 28.2. The SMILES string of the molecule is Cc1ccc(S(=O)(=O)[C@]2(C)[C@@H]([C@H](COCc3ccccc3)OCc3ccccc3)[C@H]2OCc2ccccc2)cc1. The summed E-state index contributed by atoms with van der Waals surface area (Å²) in [6, 6.07) is 36.7. The molecule has 0 N–H and O–H groups in total. The third kappa shape index (κ3) is 6.21. The van der Waals surface area contributed by atoms with Crippen LogP contribution in [0.15, 0.2) is 120 Å². The number of aryl methyl sites for hydroxylation is 1. The van der Waals surface area contributed by atoms with Crippen molar-refractivity contribution >= 4 is 9.84 Å². The lowest BCUT2D eigenvalue weighted by Gasteiger charge is -2.21. The third-order valence-corrected chi connectivity index (χ3v) is 10.3. The predicted octanol–water partition coefficient (Wildman–Crippen LogP) is 6.54. The highest BCUT2D eigenvalue weighted by Gasteiger charge is 2.73. The minimum atomic E-state index is -3.75. The van der Waals surface area contributed by atoms with Crippen molar-refractivity contribution in [1.29, 1.82) is 0 Å². The van der Waals surface area contributed by atoms with Crippen molar-refractivity contribution in [2.75, 3.05) is 6.61 Å². The highest BCUT2D eigenvalue weighted by atomic mass is 32.2. The van der Waals surface area contributed by atoms with Crippen molar-refractivity contribution < 1.29 is 22.6 Å². The molecule has 0 amide bonds. The van der Waals surface area contributed by atoms with Crippen LogP contribution in [0.4, 0.5) is 0 Å². The smallest absolute Gasteiger partial charge is 0.186 e. The minimum Gasteiger partial charge on any atom is -0.374 e. The first-order valence-corrected chi connectivity index (χ1v) is 15.1. The molecule has 5 nitrogen and oxygen atoms in total. The Hall–Kier alpha value is -3.29. The molecule has 0 bridgehead atoms. The van der Waals surface area contributed by atoms with Crippen LogP contribution in [0.1, 0.15) is 29.2 Å². The summed E-state index contributed by atoms with van der Waals surface area (Å²) in [5.41, 5.74) is 4.06. The number of sulfone groups is 1. The van der Waals surface area contributed by atoms with E-state index in [-0.39, 0.29) is 6.61 Å². The Labute approximate surface area is 237 Å². The zero-order chi connectivity index (χ0) is 28.0. The van der Waals surface area contributed by atoms with Crippen molar-refractivity contribution in [3.8, 4) is 0 Å². The largest absolute Gasteiger partial charge is 0.374 e. The molecule has 6 heteroatoms. The van der Waals surface area contributed by atoms with Crippen molar-refractivity contribution in [1.82, 2.24) is 0 Å². The van der Waals surface area contributed by atoms with E-state index < -0.39 is 32.7 Å². The van der Waals surface area contributed by atoms with E-state index >= 15 is 0 Å². The summed E-state index contributed by atoms with van der Waals surface area (Å²) in [4.78, 5) is 0.295. The molecule has 0 unspecified atom stereocenters. The van der Waals surface area contributed by atoms with Gasteiger partial charge in [-0.05, 0) is 42.7 Å². The summed E-state index contributed by atoms with van der Waals surface area (Å²) in [6.45, 7) is 5.06. The van der Waals surface area contributed by atoms with Gasteiger partial charge in [-0.25, -0.2) is 8.42 Å². The second kappa shape index (κ2) is 12.5. The molecular weight excluding hydrogens is 520 g/mol. The summed E-state index contributed by atoms with van der Waals surface area (Å²) in [7, 11) is -3.75. The zero-order valence-corrected chi connectivity index (χ0v) is 23.8. The standard InChI is InChI=1S/C34H36O5S/c1-26-18-20-30(21-19-26)40(35,36)34(2)32(33(34)39-24-29-16-10-5-11-17-29)31(38-23-28-14-8-4-9-15-28)25-37-22-27-12-6-3-7-13-27/h3-21,31-33H,22-25H2,1-2H3/t31-,32-,33+,34+/m0/s1. The van der Waals surface area contributed by atoms with Crippen LogP contribution in [0.25, 0.3) is 0 Å². The molecule has 0 radical (unpaired) electrons. The molecule has 4 atom stereocenters. The maximum Gasteiger partial charge on any atom is 0.186 e. The van der Waals surface area contributed by atoms with Crippen molar-refractivity contribution in [2.45, 2.75) is 55.5 Å². The van der Waals surface area contributed by atoms with E-state index in [0.29, 0.717) is 24.7 Å². The van der Waals surface area contributed by atoms with Crippen LogP contribution in [0.3, 0.4) is 0 Å². The Balaban J connectivity index is 1.42. The highest BCUT2D eigenvalue weighted by Crippen LogP contribution is 2.57. The van der Waals surface area contributed by atoms with E-state index in [0.717, 1.165) is 22.3 Å². The summed E-state index contributed by atoms with van der Waals surface area (Å²) in [5, 5.41) is 0. The average Bonchev–Trinajstić information content (AvgIpc) is 3.60. The van der Waals surface area contributed by atoms with Gasteiger partial charge in [-0.2, -0.15) is 0 Å². The molecule has 0 aromatic heterocycles. The molecule has 5 rings (SSSR count). The van der Waals surface area contributed by atoms with Crippen LogP contribution >= 0.6 is 0 Å². The van der Waals surface area contributed by atoms with Crippen LogP contribution < -0.4 is 0 Å². The van der Waals surface area contributed by atoms with Crippen molar-refractivity contribution in [3.05, 3.63) is 138 Å². The second-order valence-electron chi connectivity index (χ2n) is 10.6. The lowest BCUT2D eigenvalue weighted by Crippen LogP contribution is -2.31. The fourth-order valence-electron chi connectivity index (χ4n) is 5.28. The third-order valence-electron chi connectivity index (χ3n) is 7.73. The van der Waals surface area contributed by atoms with Crippen LogP contribution in [-0.4, -0.2) is 32.0 Å². The molecule has 4 aromatic carbocycles. The minimum absolute atomic E-state index is 0.247. The molecule has 1 saturated carbocycles. The van der Waals surface area contributed by atoms with E-state index in [1.165, 1.54) is 0 Å². The summed E-state index contributed by atoms with van der Waals surface area (Å²) in [6.07, 6.45) is -1.05. The molecule has 0 spiro atoms. The van der Waals surface area contributed by atoms with Gasteiger partial charge in [0.05, 0.1) is 43.5 Å². The lowest BCUT2D eigenvalue weighted by atomic mass is 10.2. The van der Waals surface area contributed by atoms with Crippen LogP contribution in [-0.2, 0) is 43.9 Å². The molecule has 208 valence electrons. The number of hydrogen-bond acceptors (Lipinski definition) is 5. The molecule has 4 aromatic rings. The van der Waals surface area contributed by atoms with Gasteiger partial charge in [-0.1, -0.05) is 109 Å². The number of ether oxygens (including phenoxy) is 3. The molecule has 0 aliphatic heterocycles. The Morgan fingerprint density at radius 1 is 0.700 bits per heavy atom. The maximum atomic E-state index is 14.2. The van der Waals surface area contributed by atoms with Crippen LogP contribution in [0, 0.1) is 12.8 Å². The van der Waals surface area contributed by atoms with Gasteiger partial charge < -0.3 is 14.2 Å². The molecule has 1 fully saturated rings. The monoisotopic (exact) mass is 556 g/mol. The van der Waals surface area contributed by atoms with Crippen LogP contribution in [0.5, 0.6) is 0 Å². The number of benzene rings is 4. The second-order valence-corrected chi connectivity index (χ2v) is 12.9. The van der Waals surface area contributed by atoms with Gasteiger partial charge >= 0.3 is 0 Å². The summed E-state index contributed by atoms with van der Waals surface area (Å²) in [5.74, 6) is -0.415. The molecule has 1 aliphatic rings. The number of rotatable bonds is 13. The lowest BCUT2D eigenvalue weighted by molar-refractivity contribution is -0.0520. The molecule has 0 saturated heterocycles. The fourth-order valence-corrected chi connectivity index (χ4v) is 7.37. The van der Waals surface area contributed by atoms with Gasteiger partial charge in [-0.15, -0.1) is 0 Å². The van der Waals surface area contributed by atoms with Gasteiger partial charge in [0.2, 0.25) is 0 Å². The molecule has 0 heterocycles. The van der Waals surface area contributed by atoms with Gasteiger partial charge in [0.25, 0.3) is 0 Å². The van der Waals surface area contributed by atoms with Gasteiger partial charge in [0.15, 0.2) is 9.84 Å². The predicted molar refractivity (Wildman–Crippen MR) is 156 cm³/mol. The zero-order valence-electron chi connectivity index (χ0n) is 23.0. The molecule has 40 heavy (non-hydrogen) atoms. The Kier molecular flexibility index (Phi) is 8.81. The normalized spacial score (nSPS) is 21.1. The summed E-state index contributed by atoms with van der Waals surface area (Å²) < 4.78 is 46.1. The van der Waals surface area contributed by atoms with E-state index in [2.05, 4.69) is 0 Å². The van der Waals surface area contributed by atoms with E-state index in [4.69, 9.17) is 14.2 Å². The Morgan fingerprint density at radius 2 is 1.20 bits per heavy atom. The topological polar surface area (TPSA) is 61.8 Å². The first-order valence-electron chi connectivity index (χ1n) is 13.6. The quantitative estimate of drug-likeness (QED) is 0.187. The van der Waals surface area contributed by atoms with E-state index in [1.54, 1.807) is 19.1 Å². The first-order chi connectivity index (χ1) is 19.4. The van der Waals surface area contributed by atoms with Crippen molar-refractivity contribution in [3.63, 3.8) is 0 Å². The summed E-state index contributed by atoms with van der Waals surface area (Å²) >= 11 is 0. The van der Waals surface area contributed by atoms with E-state index in [1.807, 2.05) is 110 Å². The molecular formula is C34H36O5S. The van der Waals surface area contributed by atoms with Gasteiger partial charge in [0.1, 0.15) is 4.75 Å². The van der Waals surface area contributed by atoms with Gasteiger partial charge in [-0.3, -0.25) is 0 Å².